The average Bonchev–Trinajstić information content (AvgIpc) is 3.20. The second-order valence-electron chi connectivity index (χ2n) is 7.12. The van der Waals surface area contributed by atoms with Gasteiger partial charge in [-0.3, -0.25) is 4.79 Å². The van der Waals surface area contributed by atoms with E-state index < -0.39 is 17.6 Å². The van der Waals surface area contributed by atoms with Gasteiger partial charge in [-0.25, -0.2) is 13.6 Å². The number of hydrogen-bond donors (Lipinski definition) is 1. The Morgan fingerprint density at radius 1 is 1.00 bits per heavy atom. The van der Waals surface area contributed by atoms with Crippen molar-refractivity contribution in [1.82, 2.24) is 4.90 Å². The number of carboxylic acid groups (broad SMARTS) is 1. The Balaban J connectivity index is 1.77. The van der Waals surface area contributed by atoms with Crippen molar-refractivity contribution in [1.29, 1.82) is 0 Å². The fourth-order valence-corrected chi connectivity index (χ4v) is 3.82. The van der Waals surface area contributed by atoms with Gasteiger partial charge in [-0.2, -0.15) is 0 Å². The zero-order valence-corrected chi connectivity index (χ0v) is 15.5. The Labute approximate surface area is 162 Å². The maximum atomic E-state index is 14.1. The van der Waals surface area contributed by atoms with E-state index in [4.69, 9.17) is 0 Å². The molecule has 28 heavy (non-hydrogen) atoms. The zero-order chi connectivity index (χ0) is 20.1. The normalized spacial score (nSPS) is 14.2. The fraction of sp³-hybridized carbons (Fsp3) is 0.364. The predicted molar refractivity (Wildman–Crippen MR) is 101 cm³/mol. The molecule has 0 radical (unpaired) electrons. The summed E-state index contributed by atoms with van der Waals surface area (Å²) < 4.78 is 28.2. The Kier molecular flexibility index (Phi) is 6.39. The number of carbonyl (C=O) groups is 2. The number of halogens is 2. The Hall–Kier alpha value is -2.76. The molecule has 0 aliphatic heterocycles. The van der Waals surface area contributed by atoms with Crippen molar-refractivity contribution in [3.8, 4) is 0 Å². The Bertz CT molecular complexity index is 842. The van der Waals surface area contributed by atoms with E-state index in [-0.39, 0.29) is 42.5 Å². The fourth-order valence-electron chi connectivity index (χ4n) is 3.82. The van der Waals surface area contributed by atoms with Gasteiger partial charge >= 0.3 is 5.97 Å². The zero-order valence-electron chi connectivity index (χ0n) is 15.5. The number of nitrogens with zero attached hydrogens (tertiary/aromatic N) is 1. The van der Waals surface area contributed by atoms with Crippen molar-refractivity contribution >= 4 is 11.9 Å². The van der Waals surface area contributed by atoms with E-state index in [0.717, 1.165) is 25.7 Å². The summed E-state index contributed by atoms with van der Waals surface area (Å²) in [4.78, 5) is 25.9. The molecule has 0 aromatic heterocycles. The third kappa shape index (κ3) is 4.55. The van der Waals surface area contributed by atoms with Crippen LogP contribution in [-0.2, 0) is 17.8 Å². The summed E-state index contributed by atoms with van der Waals surface area (Å²) in [5.41, 5.74) is 0.642. The molecule has 148 valence electrons. The first-order valence-corrected chi connectivity index (χ1v) is 9.51. The quantitative estimate of drug-likeness (QED) is 0.757. The number of benzene rings is 2. The van der Waals surface area contributed by atoms with E-state index in [9.17, 15) is 23.5 Å². The molecule has 1 aliphatic rings. The van der Waals surface area contributed by atoms with Crippen LogP contribution in [0.4, 0.5) is 8.78 Å². The van der Waals surface area contributed by atoms with Crippen LogP contribution in [0.5, 0.6) is 0 Å². The lowest BCUT2D eigenvalue weighted by molar-refractivity contribution is -0.134. The molecule has 0 spiro atoms. The van der Waals surface area contributed by atoms with Gasteiger partial charge in [0.25, 0.3) is 0 Å². The van der Waals surface area contributed by atoms with Gasteiger partial charge in [0.1, 0.15) is 11.6 Å². The highest BCUT2D eigenvalue weighted by Gasteiger charge is 2.28. The summed E-state index contributed by atoms with van der Waals surface area (Å²) in [6.07, 6.45) is 3.95. The van der Waals surface area contributed by atoms with Crippen LogP contribution in [0, 0.1) is 11.6 Å². The van der Waals surface area contributed by atoms with Crippen LogP contribution in [0.25, 0.3) is 0 Å². The highest BCUT2D eigenvalue weighted by Crippen LogP contribution is 2.27. The van der Waals surface area contributed by atoms with E-state index in [1.807, 2.05) is 0 Å². The summed E-state index contributed by atoms with van der Waals surface area (Å²) in [6.45, 7) is -0.109. The van der Waals surface area contributed by atoms with Crippen LogP contribution in [0.1, 0.15) is 53.6 Å². The minimum absolute atomic E-state index is 0.0405. The largest absolute Gasteiger partial charge is 0.478 e. The van der Waals surface area contributed by atoms with Crippen molar-refractivity contribution < 1.29 is 23.5 Å². The van der Waals surface area contributed by atoms with Gasteiger partial charge in [0, 0.05) is 18.0 Å². The molecule has 1 fully saturated rings. The number of aromatic carboxylic acids is 1. The molecule has 1 aliphatic carbocycles. The van der Waals surface area contributed by atoms with Gasteiger partial charge in [-0.1, -0.05) is 37.1 Å². The van der Waals surface area contributed by atoms with E-state index in [2.05, 4.69) is 0 Å². The molecule has 2 aromatic carbocycles. The topological polar surface area (TPSA) is 57.6 Å². The van der Waals surface area contributed by atoms with Crippen LogP contribution in [0.15, 0.2) is 42.5 Å². The lowest BCUT2D eigenvalue weighted by Gasteiger charge is -2.29. The molecule has 4 nitrogen and oxygen atoms in total. The first-order chi connectivity index (χ1) is 13.5. The second-order valence-corrected chi connectivity index (χ2v) is 7.12. The summed E-state index contributed by atoms with van der Waals surface area (Å²) in [5.74, 6) is -2.57. The SMILES string of the molecule is O=C(O)c1ccccc1CCC(=O)N(Cc1c(F)cccc1F)C1CCCC1. The van der Waals surface area contributed by atoms with Gasteiger partial charge in [-0.05, 0) is 43.0 Å². The van der Waals surface area contributed by atoms with Gasteiger partial charge in [0.15, 0.2) is 0 Å². The van der Waals surface area contributed by atoms with Gasteiger partial charge in [0.2, 0.25) is 5.91 Å². The van der Waals surface area contributed by atoms with E-state index >= 15 is 0 Å². The molecule has 3 rings (SSSR count). The van der Waals surface area contributed by atoms with Gasteiger partial charge in [0.05, 0.1) is 12.1 Å². The number of amides is 1. The number of hydrogen-bond acceptors (Lipinski definition) is 2. The van der Waals surface area contributed by atoms with Crippen molar-refractivity contribution in [3.63, 3.8) is 0 Å². The van der Waals surface area contributed by atoms with Crippen molar-refractivity contribution in [2.45, 2.75) is 51.1 Å². The molecule has 2 aromatic rings. The minimum atomic E-state index is -1.04. The van der Waals surface area contributed by atoms with Crippen molar-refractivity contribution in [3.05, 3.63) is 70.8 Å². The third-order valence-corrected chi connectivity index (χ3v) is 5.33. The second kappa shape index (κ2) is 8.95. The van der Waals surface area contributed by atoms with Gasteiger partial charge < -0.3 is 10.0 Å². The summed E-state index contributed by atoms with van der Waals surface area (Å²) >= 11 is 0. The summed E-state index contributed by atoms with van der Waals surface area (Å²) in [7, 11) is 0. The van der Waals surface area contributed by atoms with Crippen molar-refractivity contribution in [2.75, 3.05) is 0 Å². The molecule has 0 heterocycles. The maximum Gasteiger partial charge on any atom is 0.335 e. The maximum absolute atomic E-state index is 14.1. The molecule has 0 unspecified atom stereocenters. The Morgan fingerprint density at radius 3 is 2.29 bits per heavy atom. The van der Waals surface area contributed by atoms with Crippen LogP contribution in [0.2, 0.25) is 0 Å². The minimum Gasteiger partial charge on any atom is -0.478 e. The standard InChI is InChI=1S/C22H23F2NO3/c23-19-10-5-11-20(24)18(19)14-25(16-7-2-3-8-16)21(26)13-12-15-6-1-4-9-17(15)22(27)28/h1,4-6,9-11,16H,2-3,7-8,12-14H2,(H,27,28). The molecule has 1 N–H and O–H groups in total. The van der Waals surface area contributed by atoms with Crippen LogP contribution in [0.3, 0.4) is 0 Å². The monoisotopic (exact) mass is 387 g/mol. The highest BCUT2D eigenvalue weighted by atomic mass is 19.1. The molecule has 0 atom stereocenters. The Morgan fingerprint density at radius 2 is 1.64 bits per heavy atom. The van der Waals surface area contributed by atoms with Crippen molar-refractivity contribution in [2.24, 2.45) is 0 Å². The molecule has 0 bridgehead atoms. The summed E-state index contributed by atoms with van der Waals surface area (Å²) in [5, 5.41) is 9.29. The first-order valence-electron chi connectivity index (χ1n) is 9.51. The number of carboxylic acids is 1. The van der Waals surface area contributed by atoms with Crippen LogP contribution in [-0.4, -0.2) is 27.9 Å². The van der Waals surface area contributed by atoms with Crippen LogP contribution >= 0.6 is 0 Å². The van der Waals surface area contributed by atoms with E-state index in [1.165, 1.54) is 24.3 Å². The average molecular weight is 387 g/mol. The third-order valence-electron chi connectivity index (χ3n) is 5.33. The number of aryl methyl sites for hydroxylation is 1. The van der Waals surface area contributed by atoms with E-state index in [1.54, 1.807) is 23.1 Å². The predicted octanol–water partition coefficient (Wildman–Crippen LogP) is 4.57. The number of rotatable bonds is 7. The molecule has 1 amide bonds. The van der Waals surface area contributed by atoms with Crippen LogP contribution < -0.4 is 0 Å². The molecular weight excluding hydrogens is 364 g/mol. The highest BCUT2D eigenvalue weighted by molar-refractivity contribution is 5.89. The molecule has 1 saturated carbocycles. The first kappa shape index (κ1) is 20.0. The smallest absolute Gasteiger partial charge is 0.335 e. The van der Waals surface area contributed by atoms with Gasteiger partial charge in [-0.15, -0.1) is 0 Å². The number of carbonyl (C=O) groups excluding carboxylic acids is 1. The van der Waals surface area contributed by atoms with E-state index in [0.29, 0.717) is 5.56 Å². The molecule has 6 heteroatoms. The lowest BCUT2D eigenvalue weighted by Crippen LogP contribution is -2.39. The molecule has 0 saturated heterocycles. The summed E-state index contributed by atoms with van der Waals surface area (Å²) in [6, 6.07) is 10.2. The molecular formula is C22H23F2NO3. The lowest BCUT2D eigenvalue weighted by atomic mass is 10.0.